The summed E-state index contributed by atoms with van der Waals surface area (Å²) in [5, 5.41) is 12.1. The molecule has 0 fully saturated rings. The number of halogens is 1. The minimum Gasteiger partial charge on any atom is -0.505 e. The Balaban J connectivity index is 2.00. The molecule has 6 heteroatoms. The average Bonchev–Trinajstić information content (AvgIpc) is 2.55. The molecule has 0 aliphatic heterocycles. The minimum absolute atomic E-state index is 0.00798. The van der Waals surface area contributed by atoms with Crippen LogP contribution in [0.3, 0.4) is 0 Å². The van der Waals surface area contributed by atoms with Crippen LogP contribution in [0.25, 0.3) is 10.8 Å². The van der Waals surface area contributed by atoms with Crippen LogP contribution in [0.2, 0.25) is 5.02 Å². The molecule has 0 radical (unpaired) electrons. The topological polar surface area (TPSA) is 66.4 Å². The van der Waals surface area contributed by atoms with E-state index in [2.05, 4.69) is 4.72 Å². The average molecular weight is 376 g/mol. The predicted octanol–water partition coefficient (Wildman–Crippen LogP) is 4.41. The molecule has 0 amide bonds. The number of sulfonamides is 1. The molecule has 0 heterocycles. The molecular formula is C19H18ClNO3S. The number of para-hydroxylation sites is 1. The Labute approximate surface area is 152 Å². The quantitative estimate of drug-likeness (QED) is 0.709. The van der Waals surface area contributed by atoms with Crippen molar-refractivity contribution in [3.8, 4) is 5.75 Å². The van der Waals surface area contributed by atoms with Gasteiger partial charge in [-0.15, -0.1) is 0 Å². The van der Waals surface area contributed by atoms with Crippen molar-refractivity contribution in [2.24, 2.45) is 0 Å². The van der Waals surface area contributed by atoms with Crippen LogP contribution in [0.15, 0.2) is 65.6 Å². The summed E-state index contributed by atoms with van der Waals surface area (Å²) in [5.74, 6) is -0.453. The highest BCUT2D eigenvalue weighted by Crippen LogP contribution is 2.32. The van der Waals surface area contributed by atoms with E-state index in [-0.39, 0.29) is 9.92 Å². The lowest BCUT2D eigenvalue weighted by molar-refractivity contribution is 0.448. The number of hydrogen-bond acceptors (Lipinski definition) is 3. The smallest absolute Gasteiger partial charge is 0.245 e. The third-order valence-corrected chi connectivity index (χ3v) is 6.09. The summed E-state index contributed by atoms with van der Waals surface area (Å²) < 4.78 is 28.1. The molecule has 0 saturated carbocycles. The summed E-state index contributed by atoms with van der Waals surface area (Å²) in [6, 6.07) is 17.9. The van der Waals surface area contributed by atoms with Crippen molar-refractivity contribution >= 4 is 32.4 Å². The van der Waals surface area contributed by atoms with E-state index in [9.17, 15) is 13.5 Å². The third-order valence-electron chi connectivity index (χ3n) is 4.10. The van der Waals surface area contributed by atoms with Gasteiger partial charge in [0.2, 0.25) is 10.0 Å². The standard InChI is InChI=1S/C19H18ClNO3S/c1-19(2,15-11-10-13-6-3-4-7-14(13)12-15)21-25(23,24)17-9-5-8-16(20)18(17)22/h3-12,21-22H,1-2H3. The molecule has 0 spiro atoms. The monoisotopic (exact) mass is 375 g/mol. The molecule has 3 rings (SSSR count). The van der Waals surface area contributed by atoms with Gasteiger partial charge < -0.3 is 5.11 Å². The predicted molar refractivity (Wildman–Crippen MR) is 100 cm³/mol. The van der Waals surface area contributed by atoms with Gasteiger partial charge in [-0.25, -0.2) is 13.1 Å². The first-order chi connectivity index (χ1) is 11.7. The number of phenols is 1. The van der Waals surface area contributed by atoms with Crippen LogP contribution >= 0.6 is 11.6 Å². The van der Waals surface area contributed by atoms with E-state index in [1.807, 2.05) is 42.5 Å². The van der Waals surface area contributed by atoms with E-state index in [1.54, 1.807) is 13.8 Å². The molecule has 0 unspecified atom stereocenters. The van der Waals surface area contributed by atoms with Crippen molar-refractivity contribution in [1.82, 2.24) is 4.72 Å². The van der Waals surface area contributed by atoms with Crippen molar-refractivity contribution in [2.45, 2.75) is 24.3 Å². The largest absolute Gasteiger partial charge is 0.505 e. The number of rotatable bonds is 4. The Morgan fingerprint density at radius 1 is 0.960 bits per heavy atom. The van der Waals surface area contributed by atoms with Crippen LogP contribution in [0.5, 0.6) is 5.75 Å². The van der Waals surface area contributed by atoms with Gasteiger partial charge in [0, 0.05) is 0 Å². The van der Waals surface area contributed by atoms with Gasteiger partial charge >= 0.3 is 0 Å². The Kier molecular flexibility index (Phi) is 4.49. The summed E-state index contributed by atoms with van der Waals surface area (Å²) >= 11 is 5.83. The lowest BCUT2D eigenvalue weighted by Crippen LogP contribution is -2.40. The third kappa shape index (κ3) is 3.49. The number of nitrogens with one attached hydrogen (secondary N) is 1. The Morgan fingerprint density at radius 2 is 1.64 bits per heavy atom. The van der Waals surface area contributed by atoms with E-state index in [0.29, 0.717) is 0 Å². The molecule has 2 N–H and O–H groups in total. The molecule has 0 aromatic heterocycles. The molecule has 0 aliphatic carbocycles. The van der Waals surface area contributed by atoms with Gasteiger partial charge in [-0.2, -0.15) is 0 Å². The normalized spacial score (nSPS) is 12.4. The van der Waals surface area contributed by atoms with Crippen LogP contribution in [0.4, 0.5) is 0 Å². The first-order valence-corrected chi connectivity index (χ1v) is 9.57. The molecule has 25 heavy (non-hydrogen) atoms. The summed E-state index contributed by atoms with van der Waals surface area (Å²) in [6.07, 6.45) is 0. The molecule has 3 aromatic carbocycles. The van der Waals surface area contributed by atoms with Crippen molar-refractivity contribution in [1.29, 1.82) is 0 Å². The van der Waals surface area contributed by atoms with E-state index < -0.39 is 21.3 Å². The van der Waals surface area contributed by atoms with Crippen LogP contribution in [-0.2, 0) is 15.6 Å². The van der Waals surface area contributed by atoms with E-state index in [4.69, 9.17) is 11.6 Å². The van der Waals surface area contributed by atoms with Crippen LogP contribution in [-0.4, -0.2) is 13.5 Å². The van der Waals surface area contributed by atoms with Gasteiger partial charge in [0.05, 0.1) is 10.6 Å². The lowest BCUT2D eigenvalue weighted by atomic mass is 9.93. The lowest BCUT2D eigenvalue weighted by Gasteiger charge is -2.27. The van der Waals surface area contributed by atoms with Crippen molar-refractivity contribution in [3.05, 3.63) is 71.2 Å². The fourth-order valence-corrected chi connectivity index (χ4v) is 4.49. The molecule has 0 bridgehead atoms. The Bertz CT molecular complexity index is 1050. The van der Waals surface area contributed by atoms with Crippen molar-refractivity contribution in [3.63, 3.8) is 0 Å². The maximum absolute atomic E-state index is 12.7. The molecule has 0 aliphatic rings. The van der Waals surface area contributed by atoms with Gasteiger partial charge in [-0.3, -0.25) is 0 Å². The van der Waals surface area contributed by atoms with Gasteiger partial charge in [-0.05, 0) is 48.4 Å². The van der Waals surface area contributed by atoms with Gasteiger partial charge in [0.15, 0.2) is 5.75 Å². The van der Waals surface area contributed by atoms with E-state index in [0.717, 1.165) is 16.3 Å². The number of phenolic OH excluding ortho intramolecular Hbond substituents is 1. The first-order valence-electron chi connectivity index (χ1n) is 7.71. The minimum atomic E-state index is -3.96. The zero-order chi connectivity index (χ0) is 18.2. The maximum atomic E-state index is 12.7. The molecule has 0 saturated heterocycles. The van der Waals surface area contributed by atoms with Gasteiger partial charge in [-0.1, -0.05) is 54.1 Å². The second kappa shape index (κ2) is 6.33. The van der Waals surface area contributed by atoms with E-state index >= 15 is 0 Å². The summed E-state index contributed by atoms with van der Waals surface area (Å²) in [4.78, 5) is -0.242. The highest BCUT2D eigenvalue weighted by molar-refractivity contribution is 7.89. The molecular weight excluding hydrogens is 358 g/mol. The fourth-order valence-electron chi connectivity index (χ4n) is 2.74. The first kappa shape index (κ1) is 17.7. The second-order valence-electron chi connectivity index (χ2n) is 6.38. The Hall–Kier alpha value is -2.08. The molecule has 4 nitrogen and oxygen atoms in total. The maximum Gasteiger partial charge on any atom is 0.245 e. The highest BCUT2D eigenvalue weighted by atomic mass is 35.5. The van der Waals surface area contributed by atoms with Gasteiger partial charge in [0.1, 0.15) is 4.90 Å². The van der Waals surface area contributed by atoms with Gasteiger partial charge in [0.25, 0.3) is 0 Å². The molecule has 3 aromatic rings. The SMILES string of the molecule is CC(C)(NS(=O)(=O)c1cccc(Cl)c1O)c1ccc2ccccc2c1. The number of hydrogen-bond donors (Lipinski definition) is 2. The van der Waals surface area contributed by atoms with Crippen LogP contribution < -0.4 is 4.72 Å². The zero-order valence-electron chi connectivity index (χ0n) is 13.8. The van der Waals surface area contributed by atoms with E-state index in [1.165, 1.54) is 18.2 Å². The van der Waals surface area contributed by atoms with Crippen molar-refractivity contribution in [2.75, 3.05) is 0 Å². The fraction of sp³-hybridized carbons (Fsp3) is 0.158. The Morgan fingerprint density at radius 3 is 2.36 bits per heavy atom. The molecule has 130 valence electrons. The zero-order valence-corrected chi connectivity index (χ0v) is 15.4. The summed E-state index contributed by atoms with van der Waals surface area (Å²) in [7, 11) is -3.96. The second-order valence-corrected chi connectivity index (χ2v) is 8.44. The number of fused-ring (bicyclic) bond motifs is 1. The molecule has 0 atom stereocenters. The number of aromatic hydroxyl groups is 1. The van der Waals surface area contributed by atoms with Crippen LogP contribution in [0.1, 0.15) is 19.4 Å². The highest BCUT2D eigenvalue weighted by Gasteiger charge is 2.30. The van der Waals surface area contributed by atoms with Crippen LogP contribution in [0, 0.1) is 0 Å². The van der Waals surface area contributed by atoms with Crippen molar-refractivity contribution < 1.29 is 13.5 Å². The summed E-state index contributed by atoms with van der Waals surface area (Å²) in [5.41, 5.74) is -0.0613. The number of benzene rings is 3. The summed E-state index contributed by atoms with van der Waals surface area (Å²) in [6.45, 7) is 3.55.